The first kappa shape index (κ1) is 14.0. The summed E-state index contributed by atoms with van der Waals surface area (Å²) in [5.74, 6) is 0.854. The number of fused-ring (bicyclic) bond motifs is 2. The number of carbonyl (C=O) groups excluding carboxylic acids is 1. The number of likely N-dealkylation sites (tertiary alicyclic amines) is 1. The Bertz CT molecular complexity index is 571. The second-order valence-corrected chi connectivity index (χ2v) is 6.88. The van der Waals surface area contributed by atoms with E-state index in [1.54, 1.807) is 12.0 Å². The summed E-state index contributed by atoms with van der Waals surface area (Å²) >= 11 is 0. The van der Waals surface area contributed by atoms with Gasteiger partial charge in [0.05, 0.1) is 12.5 Å². The van der Waals surface area contributed by atoms with Crippen molar-refractivity contribution in [3.05, 3.63) is 23.8 Å². The maximum absolute atomic E-state index is 12.1. The fraction of sp³-hybridized carbons (Fsp3) is 0.562. The molecular formula is C16H22N2O3. The summed E-state index contributed by atoms with van der Waals surface area (Å²) in [7, 11) is 1.67. The van der Waals surface area contributed by atoms with Crippen molar-refractivity contribution in [3.63, 3.8) is 0 Å². The van der Waals surface area contributed by atoms with Crippen LogP contribution in [-0.2, 0) is 10.2 Å². The SMILES string of the molecule is COc1ccc2c(c1)C1(CN2)CN(C(=O)OC(C)(C)C)C1. The van der Waals surface area contributed by atoms with Crippen LogP contribution < -0.4 is 10.1 Å². The third-order valence-electron chi connectivity index (χ3n) is 4.05. The van der Waals surface area contributed by atoms with Gasteiger partial charge in [0.15, 0.2) is 0 Å². The van der Waals surface area contributed by atoms with Crippen molar-refractivity contribution in [1.82, 2.24) is 4.90 Å². The minimum Gasteiger partial charge on any atom is -0.497 e. The van der Waals surface area contributed by atoms with Gasteiger partial charge in [0, 0.05) is 25.3 Å². The molecule has 1 aromatic carbocycles. The molecule has 1 amide bonds. The van der Waals surface area contributed by atoms with Crippen molar-refractivity contribution in [1.29, 1.82) is 0 Å². The minimum atomic E-state index is -0.450. The van der Waals surface area contributed by atoms with Gasteiger partial charge >= 0.3 is 6.09 Å². The summed E-state index contributed by atoms with van der Waals surface area (Å²) in [6.45, 7) is 7.90. The number of anilines is 1. The van der Waals surface area contributed by atoms with Crippen molar-refractivity contribution in [3.8, 4) is 5.75 Å². The van der Waals surface area contributed by atoms with Crippen molar-refractivity contribution in [2.45, 2.75) is 31.8 Å². The molecule has 1 aromatic rings. The predicted octanol–water partition coefficient (Wildman–Crippen LogP) is 2.61. The first-order chi connectivity index (χ1) is 9.83. The number of nitrogens with zero attached hydrogens (tertiary/aromatic N) is 1. The number of nitrogens with one attached hydrogen (secondary N) is 1. The number of rotatable bonds is 1. The van der Waals surface area contributed by atoms with Crippen LogP contribution >= 0.6 is 0 Å². The Morgan fingerprint density at radius 2 is 2.05 bits per heavy atom. The lowest BCUT2D eigenvalue weighted by Gasteiger charge is -2.47. The van der Waals surface area contributed by atoms with E-state index in [1.807, 2.05) is 32.9 Å². The number of methoxy groups -OCH3 is 1. The average molecular weight is 290 g/mol. The van der Waals surface area contributed by atoms with Gasteiger partial charge in [-0.2, -0.15) is 0 Å². The molecule has 1 N–H and O–H groups in total. The normalized spacial score (nSPS) is 18.8. The molecule has 5 heteroatoms. The third-order valence-corrected chi connectivity index (χ3v) is 4.05. The topological polar surface area (TPSA) is 50.8 Å². The van der Waals surface area contributed by atoms with Crippen LogP contribution in [0.5, 0.6) is 5.75 Å². The highest BCUT2D eigenvalue weighted by Gasteiger charge is 2.51. The zero-order valence-electron chi connectivity index (χ0n) is 13.0. The Hall–Kier alpha value is -1.91. The number of amides is 1. The highest BCUT2D eigenvalue weighted by atomic mass is 16.6. The molecular weight excluding hydrogens is 268 g/mol. The van der Waals surface area contributed by atoms with Gasteiger partial charge in [0.25, 0.3) is 0 Å². The van der Waals surface area contributed by atoms with E-state index in [4.69, 9.17) is 9.47 Å². The molecule has 1 saturated heterocycles. The van der Waals surface area contributed by atoms with Gasteiger partial charge in [-0.1, -0.05) is 0 Å². The first-order valence-corrected chi connectivity index (χ1v) is 7.23. The predicted molar refractivity (Wildman–Crippen MR) is 81.0 cm³/mol. The van der Waals surface area contributed by atoms with Gasteiger partial charge in [0.2, 0.25) is 0 Å². The average Bonchev–Trinajstić information content (AvgIpc) is 2.73. The lowest BCUT2D eigenvalue weighted by atomic mass is 9.75. The maximum atomic E-state index is 12.1. The Kier molecular flexibility index (Phi) is 3.04. The van der Waals surface area contributed by atoms with E-state index in [9.17, 15) is 4.79 Å². The standard InChI is InChI=1S/C16H22N2O3/c1-15(2,3)21-14(19)18-9-16(10-18)8-17-13-6-5-11(20-4)7-12(13)16/h5-7,17H,8-10H2,1-4H3. The van der Waals surface area contributed by atoms with Crippen LogP contribution in [0.4, 0.5) is 10.5 Å². The fourth-order valence-electron chi connectivity index (χ4n) is 3.03. The second-order valence-electron chi connectivity index (χ2n) is 6.88. The Morgan fingerprint density at radius 1 is 1.33 bits per heavy atom. The molecule has 0 unspecified atom stereocenters. The van der Waals surface area contributed by atoms with Crippen molar-refractivity contribution < 1.29 is 14.3 Å². The van der Waals surface area contributed by atoms with E-state index in [-0.39, 0.29) is 11.5 Å². The summed E-state index contributed by atoms with van der Waals surface area (Å²) in [5, 5.41) is 3.42. The number of carbonyl (C=O) groups is 1. The molecule has 0 atom stereocenters. The van der Waals surface area contributed by atoms with Crippen LogP contribution in [0.25, 0.3) is 0 Å². The van der Waals surface area contributed by atoms with Gasteiger partial charge < -0.3 is 19.7 Å². The number of benzene rings is 1. The van der Waals surface area contributed by atoms with E-state index < -0.39 is 5.60 Å². The van der Waals surface area contributed by atoms with Gasteiger partial charge in [-0.3, -0.25) is 0 Å². The van der Waals surface area contributed by atoms with E-state index >= 15 is 0 Å². The lowest BCUT2D eigenvalue weighted by Crippen LogP contribution is -2.62. The van der Waals surface area contributed by atoms with Crippen molar-refractivity contribution >= 4 is 11.8 Å². The van der Waals surface area contributed by atoms with Crippen molar-refractivity contribution in [2.24, 2.45) is 0 Å². The largest absolute Gasteiger partial charge is 0.497 e. The summed E-state index contributed by atoms with van der Waals surface area (Å²) < 4.78 is 10.7. The van der Waals surface area contributed by atoms with Crippen LogP contribution in [-0.4, -0.2) is 43.3 Å². The van der Waals surface area contributed by atoms with Gasteiger partial charge in [0.1, 0.15) is 11.4 Å². The Morgan fingerprint density at radius 3 is 2.67 bits per heavy atom. The quantitative estimate of drug-likeness (QED) is 0.864. The van der Waals surface area contributed by atoms with Gasteiger partial charge in [-0.15, -0.1) is 0 Å². The monoisotopic (exact) mass is 290 g/mol. The molecule has 0 aromatic heterocycles. The van der Waals surface area contributed by atoms with E-state index in [2.05, 4.69) is 11.4 Å². The van der Waals surface area contributed by atoms with E-state index in [0.717, 1.165) is 18.0 Å². The zero-order valence-corrected chi connectivity index (χ0v) is 13.0. The minimum absolute atomic E-state index is 0.000771. The number of hydrogen-bond acceptors (Lipinski definition) is 4. The fourth-order valence-corrected chi connectivity index (χ4v) is 3.03. The lowest BCUT2D eigenvalue weighted by molar-refractivity contribution is -0.00629. The smallest absolute Gasteiger partial charge is 0.410 e. The molecule has 3 rings (SSSR count). The second kappa shape index (κ2) is 4.55. The highest BCUT2D eigenvalue weighted by Crippen LogP contribution is 2.44. The molecule has 0 saturated carbocycles. The molecule has 2 aliphatic rings. The van der Waals surface area contributed by atoms with Crippen molar-refractivity contribution in [2.75, 3.05) is 32.1 Å². The molecule has 1 fully saturated rings. The first-order valence-electron chi connectivity index (χ1n) is 7.23. The molecule has 0 aliphatic carbocycles. The summed E-state index contributed by atoms with van der Waals surface area (Å²) in [4.78, 5) is 13.8. The molecule has 1 spiro atoms. The van der Waals surface area contributed by atoms with Crippen LogP contribution in [0.15, 0.2) is 18.2 Å². The highest BCUT2D eigenvalue weighted by molar-refractivity contribution is 5.73. The Labute approximate surface area is 125 Å². The zero-order chi connectivity index (χ0) is 15.3. The summed E-state index contributed by atoms with van der Waals surface area (Å²) in [5.41, 5.74) is 1.93. The summed E-state index contributed by atoms with van der Waals surface area (Å²) in [6, 6.07) is 6.07. The Balaban J connectivity index is 1.73. The third kappa shape index (κ3) is 2.41. The molecule has 0 bridgehead atoms. The van der Waals surface area contributed by atoms with Crippen LogP contribution in [0.2, 0.25) is 0 Å². The maximum Gasteiger partial charge on any atom is 0.410 e. The number of ether oxygens (including phenoxy) is 2. The molecule has 114 valence electrons. The molecule has 21 heavy (non-hydrogen) atoms. The van der Waals surface area contributed by atoms with Gasteiger partial charge in [-0.25, -0.2) is 4.79 Å². The van der Waals surface area contributed by atoms with E-state index in [1.165, 1.54) is 5.56 Å². The van der Waals surface area contributed by atoms with Gasteiger partial charge in [-0.05, 0) is 44.5 Å². The van der Waals surface area contributed by atoms with Crippen LogP contribution in [0.3, 0.4) is 0 Å². The van der Waals surface area contributed by atoms with E-state index in [0.29, 0.717) is 13.1 Å². The molecule has 2 heterocycles. The molecule has 2 aliphatic heterocycles. The number of hydrogen-bond donors (Lipinski definition) is 1. The summed E-state index contributed by atoms with van der Waals surface area (Å²) in [6.07, 6.45) is -0.232. The molecule has 0 radical (unpaired) electrons. The van der Waals surface area contributed by atoms with Crippen LogP contribution in [0.1, 0.15) is 26.3 Å². The molecule has 5 nitrogen and oxygen atoms in total. The van der Waals surface area contributed by atoms with Crippen LogP contribution in [0, 0.1) is 0 Å².